The number of ether oxygens (including phenoxy) is 2. The average Bonchev–Trinajstić information content (AvgIpc) is 2.87. The molecule has 4 rings (SSSR count). The summed E-state index contributed by atoms with van der Waals surface area (Å²) in [7, 11) is 1.41. The lowest BCUT2D eigenvalue weighted by atomic mass is 10.0. The molecule has 3 aromatic rings. The summed E-state index contributed by atoms with van der Waals surface area (Å²) in [4.78, 5) is 14.1. The number of esters is 1. The monoisotopic (exact) mass is 429 g/mol. The number of hydrogen-bond donors (Lipinski definition) is 0. The van der Waals surface area contributed by atoms with Crippen molar-refractivity contribution in [2.24, 2.45) is 0 Å². The van der Waals surface area contributed by atoms with Gasteiger partial charge in [-0.1, -0.05) is 72.8 Å². The third-order valence-corrected chi connectivity index (χ3v) is 6.11. The molecule has 1 heterocycles. The first-order chi connectivity index (χ1) is 15.7. The normalized spacial score (nSPS) is 16.8. The summed E-state index contributed by atoms with van der Waals surface area (Å²) in [5.74, 6) is -0.297. The van der Waals surface area contributed by atoms with Crippen molar-refractivity contribution in [1.82, 2.24) is 4.90 Å². The van der Waals surface area contributed by atoms with Crippen LogP contribution in [0.25, 0.3) is 0 Å². The molecule has 1 aliphatic rings. The zero-order valence-electron chi connectivity index (χ0n) is 18.7. The Morgan fingerprint density at radius 1 is 0.906 bits per heavy atom. The number of benzene rings is 3. The summed E-state index contributed by atoms with van der Waals surface area (Å²) < 4.78 is 11.6. The van der Waals surface area contributed by atoms with Crippen molar-refractivity contribution in [3.8, 4) is 0 Å². The van der Waals surface area contributed by atoms with E-state index in [1.165, 1.54) is 36.6 Å². The Balaban J connectivity index is 1.45. The summed E-state index contributed by atoms with van der Waals surface area (Å²) in [5, 5.41) is 0. The molecule has 0 aromatic heterocycles. The summed E-state index contributed by atoms with van der Waals surface area (Å²) in [6.45, 7) is 1.97. The van der Waals surface area contributed by atoms with Gasteiger partial charge in [0.15, 0.2) is 0 Å². The van der Waals surface area contributed by atoms with Crippen molar-refractivity contribution in [2.75, 3.05) is 20.2 Å². The largest absolute Gasteiger partial charge is 0.465 e. The van der Waals surface area contributed by atoms with E-state index < -0.39 is 0 Å². The molecule has 1 unspecified atom stereocenters. The molecule has 1 fully saturated rings. The highest BCUT2D eigenvalue weighted by molar-refractivity contribution is 5.89. The van der Waals surface area contributed by atoms with Gasteiger partial charge in [-0.2, -0.15) is 0 Å². The number of rotatable bonds is 8. The second-order valence-corrected chi connectivity index (χ2v) is 8.26. The van der Waals surface area contributed by atoms with Gasteiger partial charge in [0.25, 0.3) is 0 Å². The van der Waals surface area contributed by atoms with Gasteiger partial charge in [-0.3, -0.25) is 4.90 Å². The first-order valence-corrected chi connectivity index (χ1v) is 11.4. The summed E-state index contributed by atoms with van der Waals surface area (Å²) >= 11 is 0. The van der Waals surface area contributed by atoms with Gasteiger partial charge in [-0.25, -0.2) is 4.79 Å². The van der Waals surface area contributed by atoms with E-state index in [1.54, 1.807) is 0 Å². The quantitative estimate of drug-likeness (QED) is 0.435. The maximum atomic E-state index is 11.7. The molecule has 0 aliphatic carbocycles. The maximum absolute atomic E-state index is 11.7. The lowest BCUT2D eigenvalue weighted by Gasteiger charge is -2.38. The molecular formula is C28H31NO3. The van der Waals surface area contributed by atoms with Crippen molar-refractivity contribution in [2.45, 2.75) is 38.0 Å². The SMILES string of the molecule is COC(=O)c1ccc(CCN2CCCCC2OC(c2ccccc2)c2ccccc2)cc1. The fourth-order valence-electron chi connectivity index (χ4n) is 4.33. The minimum atomic E-state index is -0.297. The second-order valence-electron chi connectivity index (χ2n) is 8.26. The van der Waals surface area contributed by atoms with Crippen LogP contribution < -0.4 is 0 Å². The maximum Gasteiger partial charge on any atom is 0.337 e. The highest BCUT2D eigenvalue weighted by atomic mass is 16.5. The molecule has 166 valence electrons. The smallest absolute Gasteiger partial charge is 0.337 e. The minimum absolute atomic E-state index is 0.0812. The van der Waals surface area contributed by atoms with Crippen molar-refractivity contribution in [1.29, 1.82) is 0 Å². The Morgan fingerprint density at radius 3 is 2.12 bits per heavy atom. The molecule has 0 amide bonds. The van der Waals surface area contributed by atoms with Crippen molar-refractivity contribution >= 4 is 5.97 Å². The fourth-order valence-corrected chi connectivity index (χ4v) is 4.33. The van der Waals surface area contributed by atoms with Crippen LogP contribution in [0.2, 0.25) is 0 Å². The zero-order valence-corrected chi connectivity index (χ0v) is 18.7. The predicted molar refractivity (Wildman–Crippen MR) is 127 cm³/mol. The van der Waals surface area contributed by atoms with E-state index in [0.717, 1.165) is 25.9 Å². The molecule has 1 saturated heterocycles. The highest BCUT2D eigenvalue weighted by Gasteiger charge is 2.27. The second kappa shape index (κ2) is 11.1. The highest BCUT2D eigenvalue weighted by Crippen LogP contribution is 2.31. The van der Waals surface area contributed by atoms with E-state index in [2.05, 4.69) is 53.4 Å². The summed E-state index contributed by atoms with van der Waals surface area (Å²) in [6, 6.07) is 28.7. The molecule has 0 spiro atoms. The predicted octanol–water partition coefficient (Wildman–Crippen LogP) is 5.63. The van der Waals surface area contributed by atoms with E-state index in [-0.39, 0.29) is 18.3 Å². The van der Waals surface area contributed by atoms with Gasteiger partial charge in [0.2, 0.25) is 0 Å². The zero-order chi connectivity index (χ0) is 22.2. The third-order valence-electron chi connectivity index (χ3n) is 6.11. The van der Waals surface area contributed by atoms with Crippen LogP contribution in [0, 0.1) is 0 Å². The average molecular weight is 430 g/mol. The van der Waals surface area contributed by atoms with Crippen LogP contribution in [0.15, 0.2) is 84.9 Å². The van der Waals surface area contributed by atoms with Crippen LogP contribution in [0.1, 0.15) is 52.4 Å². The molecule has 3 aromatic carbocycles. The van der Waals surface area contributed by atoms with E-state index in [0.29, 0.717) is 5.56 Å². The van der Waals surface area contributed by atoms with E-state index in [1.807, 2.05) is 36.4 Å². The van der Waals surface area contributed by atoms with Gasteiger partial charge in [0.1, 0.15) is 12.3 Å². The Hall–Kier alpha value is -2.95. The number of carbonyl (C=O) groups is 1. The molecule has 0 radical (unpaired) electrons. The Bertz CT molecular complexity index is 933. The number of carbonyl (C=O) groups excluding carboxylic acids is 1. The van der Waals surface area contributed by atoms with Crippen LogP contribution in [0.4, 0.5) is 0 Å². The number of nitrogens with zero attached hydrogens (tertiary/aromatic N) is 1. The summed E-state index contributed by atoms with van der Waals surface area (Å²) in [5.41, 5.74) is 4.17. The lowest BCUT2D eigenvalue weighted by molar-refractivity contribution is -0.105. The van der Waals surface area contributed by atoms with E-state index in [9.17, 15) is 4.79 Å². The standard InChI is InChI=1S/C28H31NO3/c1-31-28(30)25-17-15-22(16-18-25)19-21-29-20-9-8-14-26(29)32-27(23-10-4-2-5-11-23)24-12-6-3-7-13-24/h2-7,10-13,15-18,26-27H,8-9,14,19-21H2,1H3. The van der Waals surface area contributed by atoms with Gasteiger partial charge < -0.3 is 9.47 Å². The summed E-state index contributed by atoms with van der Waals surface area (Å²) in [6.07, 6.45) is 4.35. The molecule has 4 heteroatoms. The van der Waals surface area contributed by atoms with Crippen molar-refractivity contribution in [3.63, 3.8) is 0 Å². The topological polar surface area (TPSA) is 38.8 Å². The Morgan fingerprint density at radius 2 is 1.53 bits per heavy atom. The number of piperidine rings is 1. The number of hydrogen-bond acceptors (Lipinski definition) is 4. The minimum Gasteiger partial charge on any atom is -0.465 e. The molecule has 32 heavy (non-hydrogen) atoms. The number of likely N-dealkylation sites (tertiary alicyclic amines) is 1. The van der Waals surface area contributed by atoms with E-state index in [4.69, 9.17) is 9.47 Å². The molecule has 1 atom stereocenters. The van der Waals surface area contributed by atoms with Crippen molar-refractivity contribution < 1.29 is 14.3 Å². The molecule has 0 saturated carbocycles. The van der Waals surface area contributed by atoms with Crippen LogP contribution >= 0.6 is 0 Å². The van der Waals surface area contributed by atoms with Crippen molar-refractivity contribution in [3.05, 3.63) is 107 Å². The molecule has 4 nitrogen and oxygen atoms in total. The van der Waals surface area contributed by atoms with Gasteiger partial charge in [0, 0.05) is 13.1 Å². The first-order valence-electron chi connectivity index (χ1n) is 11.4. The molecule has 1 aliphatic heterocycles. The lowest BCUT2D eigenvalue weighted by Crippen LogP contribution is -2.43. The van der Waals surface area contributed by atoms with Crippen LogP contribution in [-0.2, 0) is 15.9 Å². The molecular weight excluding hydrogens is 398 g/mol. The molecule has 0 bridgehead atoms. The van der Waals surface area contributed by atoms with Gasteiger partial charge >= 0.3 is 5.97 Å². The van der Waals surface area contributed by atoms with Gasteiger partial charge in [-0.15, -0.1) is 0 Å². The van der Waals surface area contributed by atoms with Crippen LogP contribution in [0.3, 0.4) is 0 Å². The Labute approximate surface area is 190 Å². The first kappa shape index (κ1) is 22.3. The third kappa shape index (κ3) is 5.64. The van der Waals surface area contributed by atoms with Gasteiger partial charge in [0.05, 0.1) is 12.7 Å². The fraction of sp³-hybridized carbons (Fsp3) is 0.321. The van der Waals surface area contributed by atoms with Crippen LogP contribution in [-0.4, -0.2) is 37.3 Å². The van der Waals surface area contributed by atoms with E-state index >= 15 is 0 Å². The number of methoxy groups -OCH3 is 1. The molecule has 0 N–H and O–H groups in total. The van der Waals surface area contributed by atoms with Crippen LogP contribution in [0.5, 0.6) is 0 Å². The Kier molecular flexibility index (Phi) is 7.70. The van der Waals surface area contributed by atoms with Gasteiger partial charge in [-0.05, 0) is 54.5 Å².